The maximum atomic E-state index is 14.2. The molecule has 0 radical (unpaired) electrons. The molecule has 1 N–H and O–H groups in total. The van der Waals surface area contributed by atoms with E-state index in [9.17, 15) is 9.18 Å². The van der Waals surface area contributed by atoms with Gasteiger partial charge in [-0.15, -0.1) is 10.2 Å². The lowest BCUT2D eigenvalue weighted by atomic mass is 10.1. The largest absolute Gasteiger partial charge is 0.378 e. The molecule has 0 spiro atoms. The molecule has 178 valence electrons. The highest BCUT2D eigenvalue weighted by Gasteiger charge is 2.28. The maximum absolute atomic E-state index is 14.2. The molecule has 5 rings (SSSR count). The first-order valence-corrected chi connectivity index (χ1v) is 12.2. The van der Waals surface area contributed by atoms with Crippen molar-refractivity contribution in [3.63, 3.8) is 0 Å². The summed E-state index contributed by atoms with van der Waals surface area (Å²) in [6.45, 7) is 2.44. The minimum absolute atomic E-state index is 0.186. The first-order valence-electron chi connectivity index (χ1n) is 11.3. The standard InChI is InChI=1S/C26H24FN5O2S/c27-20-10-7-13-22(18-20)32-25(31-14-16-34-17-15-31)29-30-26(32)35-23(19-8-3-1-4-9-19)24(33)28-21-11-5-2-6-12-21/h1-13,18,23H,14-17H2,(H,28,33). The number of para-hydroxylation sites is 1. The van der Waals surface area contributed by atoms with Crippen molar-refractivity contribution in [3.05, 3.63) is 96.3 Å². The second-order valence-electron chi connectivity index (χ2n) is 7.96. The Balaban J connectivity index is 1.53. The molecule has 1 atom stereocenters. The van der Waals surface area contributed by atoms with Crippen molar-refractivity contribution in [2.24, 2.45) is 0 Å². The van der Waals surface area contributed by atoms with Gasteiger partial charge in [-0.2, -0.15) is 0 Å². The fraction of sp³-hybridized carbons (Fsp3) is 0.192. The fourth-order valence-corrected chi connectivity index (χ4v) is 4.93. The van der Waals surface area contributed by atoms with Crippen LogP contribution in [0.2, 0.25) is 0 Å². The van der Waals surface area contributed by atoms with E-state index in [-0.39, 0.29) is 11.7 Å². The summed E-state index contributed by atoms with van der Waals surface area (Å²) in [5.74, 6) is 0.0484. The molecule has 0 saturated carbocycles. The summed E-state index contributed by atoms with van der Waals surface area (Å²) >= 11 is 1.28. The Kier molecular flexibility index (Phi) is 7.06. The van der Waals surface area contributed by atoms with Crippen molar-refractivity contribution in [2.75, 3.05) is 36.5 Å². The van der Waals surface area contributed by atoms with Gasteiger partial charge in [-0.25, -0.2) is 4.39 Å². The zero-order valence-corrected chi connectivity index (χ0v) is 19.7. The number of thioether (sulfide) groups is 1. The highest BCUT2D eigenvalue weighted by atomic mass is 32.2. The number of benzene rings is 3. The Morgan fingerprint density at radius 1 is 0.943 bits per heavy atom. The molecule has 0 bridgehead atoms. The predicted octanol–water partition coefficient (Wildman–Crippen LogP) is 4.72. The van der Waals surface area contributed by atoms with E-state index in [1.54, 1.807) is 6.07 Å². The Labute approximate surface area is 206 Å². The third kappa shape index (κ3) is 5.36. The molecule has 4 aromatic rings. The molecule has 3 aromatic carbocycles. The summed E-state index contributed by atoms with van der Waals surface area (Å²) in [5, 5.41) is 11.8. The average Bonchev–Trinajstić information content (AvgIpc) is 3.32. The van der Waals surface area contributed by atoms with Gasteiger partial charge in [-0.3, -0.25) is 9.36 Å². The van der Waals surface area contributed by atoms with Crippen LogP contribution in [0.5, 0.6) is 0 Å². The number of anilines is 2. The molecule has 35 heavy (non-hydrogen) atoms. The highest BCUT2D eigenvalue weighted by molar-refractivity contribution is 8.00. The Bertz CT molecular complexity index is 1280. The van der Waals surface area contributed by atoms with Crippen LogP contribution in [0.25, 0.3) is 5.69 Å². The molecule has 1 unspecified atom stereocenters. The summed E-state index contributed by atoms with van der Waals surface area (Å²) in [4.78, 5) is 15.5. The van der Waals surface area contributed by atoms with Crippen LogP contribution >= 0.6 is 11.8 Å². The Hall–Kier alpha value is -3.69. The van der Waals surface area contributed by atoms with Gasteiger partial charge in [0.25, 0.3) is 0 Å². The Morgan fingerprint density at radius 3 is 2.37 bits per heavy atom. The van der Waals surface area contributed by atoms with Crippen molar-refractivity contribution in [1.82, 2.24) is 14.8 Å². The topological polar surface area (TPSA) is 72.3 Å². The first-order chi connectivity index (χ1) is 17.2. The number of aromatic nitrogens is 3. The van der Waals surface area contributed by atoms with Gasteiger partial charge in [-0.1, -0.05) is 66.4 Å². The van der Waals surface area contributed by atoms with Gasteiger partial charge in [0.1, 0.15) is 11.1 Å². The number of nitrogens with zero attached hydrogens (tertiary/aromatic N) is 4. The molecule has 1 aliphatic rings. The van der Waals surface area contributed by atoms with Crippen LogP contribution in [0.1, 0.15) is 10.8 Å². The number of hydrogen-bond acceptors (Lipinski definition) is 6. The number of rotatable bonds is 7. The van der Waals surface area contributed by atoms with E-state index in [1.165, 1.54) is 23.9 Å². The average molecular weight is 490 g/mol. The number of halogens is 1. The fourth-order valence-electron chi connectivity index (χ4n) is 3.88. The lowest BCUT2D eigenvalue weighted by molar-refractivity contribution is -0.115. The molecule has 7 nitrogen and oxygen atoms in total. The van der Waals surface area contributed by atoms with Gasteiger partial charge in [-0.05, 0) is 35.9 Å². The van der Waals surface area contributed by atoms with Crippen molar-refractivity contribution in [3.8, 4) is 5.69 Å². The van der Waals surface area contributed by atoms with Crippen LogP contribution in [0.15, 0.2) is 90.1 Å². The van der Waals surface area contributed by atoms with Crippen molar-refractivity contribution in [2.45, 2.75) is 10.4 Å². The van der Waals surface area contributed by atoms with E-state index < -0.39 is 5.25 Å². The van der Waals surface area contributed by atoms with Gasteiger partial charge in [0.05, 0.1) is 18.9 Å². The lowest BCUT2D eigenvalue weighted by Gasteiger charge is -2.28. The molecule has 1 aromatic heterocycles. The molecule has 1 saturated heterocycles. The van der Waals surface area contributed by atoms with E-state index in [4.69, 9.17) is 4.74 Å². The van der Waals surface area contributed by atoms with Gasteiger partial charge in [0, 0.05) is 18.8 Å². The molecule has 2 heterocycles. The second kappa shape index (κ2) is 10.7. The lowest BCUT2D eigenvalue weighted by Crippen LogP contribution is -2.37. The normalized spacial score (nSPS) is 14.5. The molecule has 1 aliphatic heterocycles. The van der Waals surface area contributed by atoms with Gasteiger partial charge >= 0.3 is 0 Å². The van der Waals surface area contributed by atoms with Crippen molar-refractivity contribution in [1.29, 1.82) is 0 Å². The molecule has 1 amide bonds. The predicted molar refractivity (Wildman–Crippen MR) is 134 cm³/mol. The zero-order valence-electron chi connectivity index (χ0n) is 18.9. The third-order valence-electron chi connectivity index (χ3n) is 5.58. The number of amides is 1. The second-order valence-corrected chi connectivity index (χ2v) is 9.03. The maximum Gasteiger partial charge on any atom is 0.242 e. The number of ether oxygens (including phenoxy) is 1. The summed E-state index contributed by atoms with van der Waals surface area (Å²) in [5.41, 5.74) is 2.13. The monoisotopic (exact) mass is 489 g/mol. The SMILES string of the molecule is O=C(Nc1ccccc1)C(Sc1nnc(N2CCOCC2)n1-c1cccc(F)c1)c1ccccc1. The van der Waals surface area contributed by atoms with Crippen LogP contribution in [-0.2, 0) is 9.53 Å². The summed E-state index contributed by atoms with van der Waals surface area (Å²) in [6, 6.07) is 25.2. The minimum Gasteiger partial charge on any atom is -0.378 e. The van der Waals surface area contributed by atoms with Crippen LogP contribution < -0.4 is 10.2 Å². The summed E-state index contributed by atoms with van der Waals surface area (Å²) in [7, 11) is 0. The van der Waals surface area contributed by atoms with Crippen LogP contribution in [0, 0.1) is 5.82 Å². The van der Waals surface area contributed by atoms with E-state index in [1.807, 2.05) is 71.3 Å². The smallest absolute Gasteiger partial charge is 0.242 e. The molecule has 1 fully saturated rings. The molecule has 9 heteroatoms. The first kappa shape index (κ1) is 23.1. The number of nitrogens with one attached hydrogen (secondary N) is 1. The van der Waals surface area contributed by atoms with Gasteiger partial charge < -0.3 is 15.0 Å². The van der Waals surface area contributed by atoms with E-state index in [0.717, 1.165) is 5.56 Å². The number of carbonyl (C=O) groups is 1. The number of carbonyl (C=O) groups excluding carboxylic acids is 1. The molecular formula is C26H24FN5O2S. The molecular weight excluding hydrogens is 465 g/mol. The van der Waals surface area contributed by atoms with E-state index >= 15 is 0 Å². The van der Waals surface area contributed by atoms with Crippen LogP contribution in [0.4, 0.5) is 16.0 Å². The highest BCUT2D eigenvalue weighted by Crippen LogP contribution is 2.38. The van der Waals surface area contributed by atoms with Crippen LogP contribution in [-0.4, -0.2) is 47.0 Å². The van der Waals surface area contributed by atoms with Gasteiger partial charge in [0.2, 0.25) is 11.9 Å². The van der Waals surface area contributed by atoms with Crippen molar-refractivity contribution < 1.29 is 13.9 Å². The zero-order chi connectivity index (χ0) is 24.0. The number of morpholine rings is 1. The number of hydrogen-bond donors (Lipinski definition) is 1. The summed E-state index contributed by atoms with van der Waals surface area (Å²) in [6.07, 6.45) is 0. The summed E-state index contributed by atoms with van der Waals surface area (Å²) < 4.78 is 21.5. The van der Waals surface area contributed by atoms with E-state index in [0.29, 0.717) is 48.8 Å². The van der Waals surface area contributed by atoms with E-state index in [2.05, 4.69) is 20.4 Å². The third-order valence-corrected chi connectivity index (χ3v) is 6.78. The molecule has 0 aliphatic carbocycles. The Morgan fingerprint density at radius 2 is 1.66 bits per heavy atom. The van der Waals surface area contributed by atoms with Crippen LogP contribution in [0.3, 0.4) is 0 Å². The minimum atomic E-state index is -0.606. The quantitative estimate of drug-likeness (QED) is 0.379. The van der Waals surface area contributed by atoms with Gasteiger partial charge in [0.15, 0.2) is 5.16 Å². The van der Waals surface area contributed by atoms with Crippen molar-refractivity contribution >= 4 is 29.3 Å².